The van der Waals surface area contributed by atoms with Gasteiger partial charge in [-0.3, -0.25) is 14.8 Å². The number of piperidine rings is 1. The first-order valence-corrected chi connectivity index (χ1v) is 13.4. The van der Waals surface area contributed by atoms with Crippen LogP contribution in [0.5, 0.6) is 0 Å². The highest BCUT2D eigenvalue weighted by Crippen LogP contribution is 2.59. The second-order valence-electron chi connectivity index (χ2n) is 11.5. The van der Waals surface area contributed by atoms with E-state index in [0.717, 1.165) is 41.0 Å². The van der Waals surface area contributed by atoms with Crippen LogP contribution in [0.4, 0.5) is 5.82 Å². The molecule has 2 aromatic rings. The molecule has 8 heteroatoms. The topological polar surface area (TPSA) is 94.6 Å². The third-order valence-corrected chi connectivity index (χ3v) is 9.44. The van der Waals surface area contributed by atoms with Crippen molar-refractivity contribution in [2.24, 2.45) is 29.1 Å². The molecule has 5 aliphatic rings. The average molecular weight is 497 g/mol. The molecule has 7 nitrogen and oxygen atoms in total. The molecule has 3 N–H and O–H groups in total. The van der Waals surface area contributed by atoms with Gasteiger partial charge < -0.3 is 10.2 Å². The summed E-state index contributed by atoms with van der Waals surface area (Å²) in [7, 11) is 0. The summed E-state index contributed by atoms with van der Waals surface area (Å²) in [6, 6.07) is 7.50. The summed E-state index contributed by atoms with van der Waals surface area (Å²) in [5.41, 5.74) is 3.27. The molecule has 4 aliphatic carbocycles. The van der Waals surface area contributed by atoms with Crippen LogP contribution >= 0.6 is 11.6 Å². The summed E-state index contributed by atoms with van der Waals surface area (Å²) in [5, 5.41) is 13.4. The third kappa shape index (κ3) is 4.27. The first kappa shape index (κ1) is 23.0. The Bertz CT molecular complexity index is 1130. The van der Waals surface area contributed by atoms with Crippen LogP contribution < -0.4 is 15.7 Å². The number of carbonyl (C=O) groups excluding carboxylic acids is 2. The van der Waals surface area contributed by atoms with E-state index >= 15 is 0 Å². The predicted molar refractivity (Wildman–Crippen MR) is 135 cm³/mol. The van der Waals surface area contributed by atoms with Crippen LogP contribution in [0.2, 0.25) is 5.02 Å². The maximum atomic E-state index is 13.4. The van der Waals surface area contributed by atoms with Gasteiger partial charge in [0.25, 0.3) is 5.91 Å². The first-order chi connectivity index (χ1) is 16.9. The number of aromatic nitrogens is 1. The van der Waals surface area contributed by atoms with Gasteiger partial charge in [-0.2, -0.15) is 0 Å². The van der Waals surface area contributed by atoms with E-state index in [1.807, 2.05) is 18.2 Å². The largest absolute Gasteiger partial charge is 0.357 e. The number of anilines is 1. The highest BCUT2D eigenvalue weighted by molar-refractivity contribution is 6.35. The van der Waals surface area contributed by atoms with Gasteiger partial charge in [-0.05, 0) is 98.8 Å². The molecule has 4 bridgehead atoms. The molecule has 186 valence electrons. The Kier molecular flexibility index (Phi) is 5.88. The zero-order chi connectivity index (χ0) is 24.2. The lowest BCUT2D eigenvalue weighted by Gasteiger charge is -2.56. The highest BCUT2D eigenvalue weighted by Gasteiger charge is 2.50. The van der Waals surface area contributed by atoms with E-state index in [4.69, 9.17) is 21.8 Å². The van der Waals surface area contributed by atoms with Crippen molar-refractivity contribution in [2.75, 3.05) is 24.5 Å². The maximum Gasteiger partial charge on any atom is 0.253 e. The molecule has 0 atom stereocenters. The fourth-order valence-electron chi connectivity index (χ4n) is 7.90. The van der Waals surface area contributed by atoms with Gasteiger partial charge in [-0.1, -0.05) is 11.6 Å². The summed E-state index contributed by atoms with van der Waals surface area (Å²) >= 11 is 6.54. The highest BCUT2D eigenvalue weighted by atomic mass is 35.5. The van der Waals surface area contributed by atoms with Gasteiger partial charge in [0.1, 0.15) is 5.82 Å². The van der Waals surface area contributed by atoms with Gasteiger partial charge in [0.2, 0.25) is 5.91 Å². The molecule has 2 heterocycles. The van der Waals surface area contributed by atoms with Crippen molar-refractivity contribution in [3.63, 3.8) is 0 Å². The first-order valence-electron chi connectivity index (χ1n) is 13.0. The van der Waals surface area contributed by atoms with E-state index in [-0.39, 0.29) is 23.1 Å². The van der Waals surface area contributed by atoms with E-state index in [0.29, 0.717) is 36.5 Å². The lowest BCUT2D eigenvalue weighted by Crippen LogP contribution is -2.51. The molecule has 5 fully saturated rings. The molecule has 2 amide bonds. The van der Waals surface area contributed by atoms with E-state index in [2.05, 4.69) is 10.2 Å². The van der Waals surface area contributed by atoms with Gasteiger partial charge in [-0.25, -0.2) is 10.5 Å². The van der Waals surface area contributed by atoms with Crippen molar-refractivity contribution in [1.29, 1.82) is 0 Å². The number of halogens is 1. The number of fused-ring (bicyclic) bond motifs is 1. The summed E-state index contributed by atoms with van der Waals surface area (Å²) in [6.45, 7) is 2.11. The molecule has 0 unspecified atom stereocenters. The lowest BCUT2D eigenvalue weighted by atomic mass is 9.49. The fourth-order valence-corrected chi connectivity index (χ4v) is 8.15. The van der Waals surface area contributed by atoms with Gasteiger partial charge in [0.05, 0.1) is 16.1 Å². The number of carbonyl (C=O) groups is 2. The Morgan fingerprint density at radius 2 is 1.69 bits per heavy atom. The zero-order valence-electron chi connectivity index (χ0n) is 19.9. The Balaban J connectivity index is 1.18. The predicted octanol–water partition coefficient (Wildman–Crippen LogP) is 4.56. The van der Waals surface area contributed by atoms with Crippen molar-refractivity contribution >= 4 is 40.1 Å². The molecule has 7 rings (SSSR count). The number of benzene rings is 1. The Morgan fingerprint density at radius 1 is 1.03 bits per heavy atom. The molecule has 1 saturated heterocycles. The second-order valence-corrected chi connectivity index (χ2v) is 11.9. The van der Waals surface area contributed by atoms with E-state index < -0.39 is 0 Å². The summed E-state index contributed by atoms with van der Waals surface area (Å²) in [5.74, 6) is 2.76. The van der Waals surface area contributed by atoms with Crippen molar-refractivity contribution in [2.45, 2.75) is 51.4 Å². The Hall–Kier alpha value is -2.38. The van der Waals surface area contributed by atoms with Crippen LogP contribution in [0, 0.1) is 29.1 Å². The van der Waals surface area contributed by atoms with E-state index in [1.54, 1.807) is 11.5 Å². The van der Waals surface area contributed by atoms with Crippen molar-refractivity contribution in [1.82, 2.24) is 15.8 Å². The SMILES string of the molecule is O=C(NCC12CC3CC(CC(C3)C1)C2)c1c(Cl)ccc2nc(N3CCC(C(=O)NO)CC3)ccc12. The maximum absolute atomic E-state index is 13.4. The fraction of sp³-hybridized carbons (Fsp3) is 0.593. The summed E-state index contributed by atoms with van der Waals surface area (Å²) in [6.07, 6.45) is 9.25. The molecular weight excluding hydrogens is 464 g/mol. The third-order valence-electron chi connectivity index (χ3n) is 9.12. The molecule has 1 aromatic heterocycles. The van der Waals surface area contributed by atoms with Crippen LogP contribution in [-0.4, -0.2) is 41.6 Å². The molecule has 1 aromatic carbocycles. The number of pyridine rings is 1. The Morgan fingerprint density at radius 3 is 2.31 bits per heavy atom. The minimum atomic E-state index is -0.324. The van der Waals surface area contributed by atoms with Crippen LogP contribution in [0.3, 0.4) is 0 Å². The normalized spacial score (nSPS) is 30.0. The van der Waals surface area contributed by atoms with Crippen LogP contribution in [0.15, 0.2) is 24.3 Å². The number of nitrogens with zero attached hydrogens (tertiary/aromatic N) is 2. The average Bonchev–Trinajstić information content (AvgIpc) is 2.86. The number of nitrogens with one attached hydrogen (secondary N) is 2. The van der Waals surface area contributed by atoms with Crippen LogP contribution in [0.25, 0.3) is 10.9 Å². The molecule has 1 aliphatic heterocycles. The minimum Gasteiger partial charge on any atom is -0.357 e. The smallest absolute Gasteiger partial charge is 0.253 e. The van der Waals surface area contributed by atoms with Gasteiger partial charge in [-0.15, -0.1) is 0 Å². The van der Waals surface area contributed by atoms with E-state index in [1.165, 1.54) is 38.5 Å². The number of hydrogen-bond acceptors (Lipinski definition) is 5. The summed E-state index contributed by atoms with van der Waals surface area (Å²) < 4.78 is 0. The lowest BCUT2D eigenvalue weighted by molar-refractivity contribution is -0.134. The number of amides is 2. The molecule has 0 spiro atoms. The van der Waals surface area contributed by atoms with Crippen molar-refractivity contribution in [3.8, 4) is 0 Å². The van der Waals surface area contributed by atoms with E-state index in [9.17, 15) is 9.59 Å². The van der Waals surface area contributed by atoms with Crippen molar-refractivity contribution < 1.29 is 14.8 Å². The number of hydrogen-bond donors (Lipinski definition) is 3. The number of rotatable bonds is 5. The Labute approximate surface area is 210 Å². The molecule has 0 radical (unpaired) electrons. The monoisotopic (exact) mass is 496 g/mol. The van der Waals surface area contributed by atoms with Crippen molar-refractivity contribution in [3.05, 3.63) is 34.9 Å². The zero-order valence-corrected chi connectivity index (χ0v) is 20.7. The van der Waals surface area contributed by atoms with Crippen LogP contribution in [0.1, 0.15) is 61.7 Å². The van der Waals surface area contributed by atoms with Crippen LogP contribution in [-0.2, 0) is 4.79 Å². The minimum absolute atomic E-state index is 0.110. The second kappa shape index (κ2) is 8.93. The summed E-state index contributed by atoms with van der Waals surface area (Å²) in [4.78, 5) is 32.1. The molecular formula is C27H33ClN4O3. The molecule has 4 saturated carbocycles. The van der Waals surface area contributed by atoms with Gasteiger partial charge in [0, 0.05) is 30.9 Å². The molecule has 35 heavy (non-hydrogen) atoms. The van der Waals surface area contributed by atoms with Gasteiger partial charge in [0.15, 0.2) is 0 Å². The number of hydroxylamine groups is 1. The van der Waals surface area contributed by atoms with Gasteiger partial charge >= 0.3 is 0 Å². The quantitative estimate of drug-likeness (QED) is 0.417. The standard InChI is InChI=1S/C27H33ClN4O3/c28-21-2-3-22-20(1-4-23(30-22)32-7-5-19(6-8-32)25(33)31-35)24(21)26(34)29-15-27-12-16-9-17(13-27)11-18(10-16)14-27/h1-4,16-19,35H,5-15H2,(H,29,34)(H,31,33).